The van der Waals surface area contributed by atoms with Crippen molar-refractivity contribution < 1.29 is 0 Å². The zero-order valence-electron chi connectivity index (χ0n) is 12.4. The zero-order valence-corrected chi connectivity index (χ0v) is 15.6. The monoisotopic (exact) mass is 424 g/mol. The van der Waals surface area contributed by atoms with E-state index in [-0.39, 0.29) is 5.41 Å². The van der Waals surface area contributed by atoms with E-state index in [1.165, 1.54) is 42.3 Å². The summed E-state index contributed by atoms with van der Waals surface area (Å²) in [6.07, 6.45) is 2.19. The van der Waals surface area contributed by atoms with E-state index < -0.39 is 0 Å². The highest BCUT2D eigenvalue weighted by Gasteiger charge is 2.47. The van der Waals surface area contributed by atoms with E-state index in [1.54, 1.807) is 0 Å². The van der Waals surface area contributed by atoms with Gasteiger partial charge in [0.05, 0.1) is 0 Å². The number of benzene rings is 3. The average Bonchev–Trinajstić information content (AvgIpc) is 3.05. The molecule has 0 atom stereocenters. The molecule has 2 heteroatoms. The van der Waals surface area contributed by atoms with Crippen molar-refractivity contribution in [1.82, 2.24) is 0 Å². The maximum atomic E-state index is 3.68. The van der Waals surface area contributed by atoms with Gasteiger partial charge in [0.25, 0.3) is 0 Å². The summed E-state index contributed by atoms with van der Waals surface area (Å²) >= 11 is 7.36. The first-order valence-corrected chi connectivity index (χ1v) is 9.43. The lowest BCUT2D eigenvalue weighted by Gasteiger charge is -2.27. The van der Waals surface area contributed by atoms with Gasteiger partial charge in [-0.1, -0.05) is 68.3 Å². The van der Waals surface area contributed by atoms with E-state index in [0.717, 1.165) is 12.8 Å². The standard InChI is InChI=1S/C21H14Br2/c22-15-5-7-17-18-8-6-16(23)10-20(18)21(19(17)9-15)11-13-3-1-2-4-14(13)12-21/h1-10H,11-12H2. The average molecular weight is 426 g/mol. The molecule has 0 heterocycles. The van der Waals surface area contributed by atoms with Crippen LogP contribution in [0, 0.1) is 0 Å². The summed E-state index contributed by atoms with van der Waals surface area (Å²) in [5.74, 6) is 0. The van der Waals surface area contributed by atoms with Gasteiger partial charge in [0, 0.05) is 14.4 Å². The molecule has 0 bridgehead atoms. The molecule has 0 amide bonds. The third-order valence-corrected chi connectivity index (χ3v) is 6.37. The summed E-state index contributed by atoms with van der Waals surface area (Å²) in [5, 5.41) is 0. The fourth-order valence-corrected chi connectivity index (χ4v) is 5.16. The Morgan fingerprint density at radius 3 is 1.61 bits per heavy atom. The first-order valence-electron chi connectivity index (χ1n) is 7.85. The van der Waals surface area contributed by atoms with E-state index in [1.807, 2.05) is 0 Å². The molecule has 112 valence electrons. The number of rotatable bonds is 0. The fraction of sp³-hybridized carbons (Fsp3) is 0.143. The van der Waals surface area contributed by atoms with Crippen LogP contribution in [0.5, 0.6) is 0 Å². The highest BCUT2D eigenvalue weighted by molar-refractivity contribution is 9.10. The summed E-state index contributed by atoms with van der Waals surface area (Å²) in [4.78, 5) is 0. The second-order valence-corrected chi connectivity index (χ2v) is 8.42. The minimum atomic E-state index is 0.0852. The summed E-state index contributed by atoms with van der Waals surface area (Å²) in [6.45, 7) is 0. The molecule has 0 unspecified atom stereocenters. The van der Waals surface area contributed by atoms with Gasteiger partial charge >= 0.3 is 0 Å². The molecule has 2 aliphatic rings. The van der Waals surface area contributed by atoms with Crippen molar-refractivity contribution in [2.45, 2.75) is 18.3 Å². The highest BCUT2D eigenvalue weighted by Crippen LogP contribution is 2.56. The van der Waals surface area contributed by atoms with Crippen molar-refractivity contribution >= 4 is 31.9 Å². The Bertz CT molecular complexity index is 877. The van der Waals surface area contributed by atoms with Gasteiger partial charge in [-0.05, 0) is 70.5 Å². The zero-order chi connectivity index (χ0) is 15.6. The van der Waals surface area contributed by atoms with Gasteiger partial charge in [-0.25, -0.2) is 0 Å². The van der Waals surface area contributed by atoms with Crippen LogP contribution in [0.4, 0.5) is 0 Å². The quantitative estimate of drug-likeness (QED) is 0.397. The fourth-order valence-electron chi connectivity index (χ4n) is 4.44. The van der Waals surface area contributed by atoms with Crippen molar-refractivity contribution in [1.29, 1.82) is 0 Å². The van der Waals surface area contributed by atoms with Crippen molar-refractivity contribution in [3.05, 3.63) is 91.9 Å². The van der Waals surface area contributed by atoms with Gasteiger partial charge in [-0.3, -0.25) is 0 Å². The highest BCUT2D eigenvalue weighted by atomic mass is 79.9. The van der Waals surface area contributed by atoms with E-state index in [2.05, 4.69) is 92.5 Å². The topological polar surface area (TPSA) is 0 Å². The lowest BCUT2D eigenvalue weighted by molar-refractivity contribution is 0.563. The van der Waals surface area contributed by atoms with Crippen molar-refractivity contribution in [3.8, 4) is 11.1 Å². The van der Waals surface area contributed by atoms with Crippen LogP contribution in [0.1, 0.15) is 22.3 Å². The molecule has 0 nitrogen and oxygen atoms in total. The minimum absolute atomic E-state index is 0.0852. The predicted octanol–water partition coefficient (Wildman–Crippen LogP) is 6.28. The Morgan fingerprint density at radius 2 is 1.13 bits per heavy atom. The van der Waals surface area contributed by atoms with Crippen LogP contribution in [0.15, 0.2) is 69.6 Å². The van der Waals surface area contributed by atoms with Gasteiger partial charge in [0.1, 0.15) is 0 Å². The van der Waals surface area contributed by atoms with Crippen LogP contribution in [0.25, 0.3) is 11.1 Å². The maximum Gasteiger partial charge on any atom is 0.0296 e. The Morgan fingerprint density at radius 1 is 0.652 bits per heavy atom. The summed E-state index contributed by atoms with van der Waals surface area (Å²) in [7, 11) is 0. The third-order valence-electron chi connectivity index (χ3n) is 5.39. The molecule has 3 aromatic rings. The van der Waals surface area contributed by atoms with E-state index in [0.29, 0.717) is 0 Å². The lowest BCUT2D eigenvalue weighted by atomic mass is 9.76. The molecule has 2 aliphatic carbocycles. The largest absolute Gasteiger partial charge is 0.0620 e. The van der Waals surface area contributed by atoms with Crippen LogP contribution in [0.2, 0.25) is 0 Å². The first-order chi connectivity index (χ1) is 11.2. The predicted molar refractivity (Wildman–Crippen MR) is 102 cm³/mol. The van der Waals surface area contributed by atoms with Gasteiger partial charge in [-0.2, -0.15) is 0 Å². The number of hydrogen-bond acceptors (Lipinski definition) is 0. The second kappa shape index (κ2) is 4.81. The molecule has 0 radical (unpaired) electrons. The smallest absolute Gasteiger partial charge is 0.0296 e. The molecule has 3 aromatic carbocycles. The van der Waals surface area contributed by atoms with Crippen LogP contribution in [-0.4, -0.2) is 0 Å². The Labute approximate surface area is 152 Å². The van der Waals surface area contributed by atoms with Gasteiger partial charge < -0.3 is 0 Å². The molecule has 23 heavy (non-hydrogen) atoms. The van der Waals surface area contributed by atoms with Crippen LogP contribution < -0.4 is 0 Å². The molecule has 0 aromatic heterocycles. The number of hydrogen-bond donors (Lipinski definition) is 0. The van der Waals surface area contributed by atoms with Crippen LogP contribution >= 0.6 is 31.9 Å². The Kier molecular flexibility index (Phi) is 2.93. The van der Waals surface area contributed by atoms with Crippen molar-refractivity contribution in [2.75, 3.05) is 0 Å². The molecular weight excluding hydrogens is 412 g/mol. The molecule has 1 spiro atoms. The summed E-state index contributed by atoms with van der Waals surface area (Å²) in [6, 6.07) is 22.4. The Balaban J connectivity index is 1.83. The van der Waals surface area contributed by atoms with E-state index in [9.17, 15) is 0 Å². The van der Waals surface area contributed by atoms with Crippen molar-refractivity contribution in [2.24, 2.45) is 0 Å². The first kappa shape index (κ1) is 14.0. The lowest BCUT2D eigenvalue weighted by Crippen LogP contribution is -2.25. The summed E-state index contributed by atoms with van der Waals surface area (Å²) < 4.78 is 2.33. The minimum Gasteiger partial charge on any atom is -0.0620 e. The van der Waals surface area contributed by atoms with Crippen molar-refractivity contribution in [3.63, 3.8) is 0 Å². The molecule has 5 rings (SSSR count). The molecule has 0 saturated carbocycles. The third kappa shape index (κ3) is 1.88. The van der Waals surface area contributed by atoms with Gasteiger partial charge in [-0.15, -0.1) is 0 Å². The maximum absolute atomic E-state index is 3.68. The van der Waals surface area contributed by atoms with Crippen LogP contribution in [-0.2, 0) is 18.3 Å². The normalized spacial score (nSPS) is 16.3. The SMILES string of the molecule is Brc1ccc2c(c1)C1(Cc3ccccc3C1)c1cc(Br)ccc1-2. The molecule has 0 N–H and O–H groups in total. The number of halogens is 2. The van der Waals surface area contributed by atoms with Gasteiger partial charge in [0.2, 0.25) is 0 Å². The molecule has 0 aliphatic heterocycles. The van der Waals surface area contributed by atoms with E-state index in [4.69, 9.17) is 0 Å². The molecule has 0 fully saturated rings. The molecular formula is C21H14Br2. The molecule has 0 saturated heterocycles. The van der Waals surface area contributed by atoms with Gasteiger partial charge in [0.15, 0.2) is 0 Å². The second-order valence-electron chi connectivity index (χ2n) is 6.58. The number of fused-ring (bicyclic) bond motifs is 6. The Hall–Kier alpha value is -1.38. The van der Waals surface area contributed by atoms with E-state index >= 15 is 0 Å². The van der Waals surface area contributed by atoms with Crippen LogP contribution in [0.3, 0.4) is 0 Å². The summed E-state index contributed by atoms with van der Waals surface area (Å²) in [5.41, 5.74) is 8.79.